The average Bonchev–Trinajstić information content (AvgIpc) is 2.28. The van der Waals surface area contributed by atoms with Gasteiger partial charge in [-0.3, -0.25) is 4.79 Å². The summed E-state index contributed by atoms with van der Waals surface area (Å²) < 4.78 is 25.8. The highest BCUT2D eigenvalue weighted by Gasteiger charge is 2.02. The molecule has 0 aliphatic carbocycles. The van der Waals surface area contributed by atoms with Gasteiger partial charge in [0.25, 0.3) is 0 Å². The number of carbonyl (C=O) groups excluding carboxylic acids is 1. The van der Waals surface area contributed by atoms with E-state index in [4.69, 9.17) is 0 Å². The molecule has 0 saturated heterocycles. The smallest absolute Gasteiger partial charge is 0.233 e. The standard InChI is InChI=1S/C13H18F2N2O/c1-2-4-16-9-13(18)17-5-3-10-6-11(14)8-12(15)7-10/h6-8,16H,2-5,9H2,1H3,(H,17,18). The number of nitrogens with one attached hydrogen (secondary N) is 2. The summed E-state index contributed by atoms with van der Waals surface area (Å²) in [6.07, 6.45) is 1.38. The quantitative estimate of drug-likeness (QED) is 0.728. The lowest BCUT2D eigenvalue weighted by molar-refractivity contribution is -0.120. The molecule has 2 N–H and O–H groups in total. The van der Waals surface area contributed by atoms with Gasteiger partial charge in [0.05, 0.1) is 6.54 Å². The molecule has 0 bridgehead atoms. The molecule has 0 aliphatic rings. The lowest BCUT2D eigenvalue weighted by atomic mass is 10.1. The second-order valence-corrected chi connectivity index (χ2v) is 4.05. The minimum absolute atomic E-state index is 0.111. The van der Waals surface area contributed by atoms with Crippen LogP contribution in [0.1, 0.15) is 18.9 Å². The molecule has 0 radical (unpaired) electrons. The molecule has 1 aromatic rings. The molecule has 0 aliphatic heterocycles. The maximum Gasteiger partial charge on any atom is 0.233 e. The molecular formula is C13H18F2N2O. The van der Waals surface area contributed by atoms with E-state index in [9.17, 15) is 13.6 Å². The van der Waals surface area contributed by atoms with E-state index in [1.54, 1.807) is 0 Å². The number of carbonyl (C=O) groups is 1. The van der Waals surface area contributed by atoms with Gasteiger partial charge < -0.3 is 10.6 Å². The summed E-state index contributed by atoms with van der Waals surface area (Å²) >= 11 is 0. The zero-order valence-electron chi connectivity index (χ0n) is 10.4. The van der Waals surface area contributed by atoms with Crippen LogP contribution in [0.15, 0.2) is 18.2 Å². The van der Waals surface area contributed by atoms with E-state index in [0.29, 0.717) is 18.5 Å². The lowest BCUT2D eigenvalue weighted by Crippen LogP contribution is -2.35. The Hall–Kier alpha value is -1.49. The van der Waals surface area contributed by atoms with Crippen LogP contribution in [0.4, 0.5) is 8.78 Å². The van der Waals surface area contributed by atoms with Gasteiger partial charge in [-0.2, -0.15) is 0 Å². The Kier molecular flexibility index (Phi) is 6.28. The molecule has 3 nitrogen and oxygen atoms in total. The minimum atomic E-state index is -0.596. The van der Waals surface area contributed by atoms with Crippen molar-refractivity contribution in [2.24, 2.45) is 0 Å². The third-order valence-electron chi connectivity index (χ3n) is 2.37. The van der Waals surface area contributed by atoms with Crippen LogP contribution < -0.4 is 10.6 Å². The van der Waals surface area contributed by atoms with Gasteiger partial charge in [-0.05, 0) is 37.1 Å². The summed E-state index contributed by atoms with van der Waals surface area (Å²) in [6.45, 7) is 3.45. The van der Waals surface area contributed by atoms with Gasteiger partial charge in [-0.1, -0.05) is 6.92 Å². The number of amides is 1. The van der Waals surface area contributed by atoms with Crippen LogP contribution >= 0.6 is 0 Å². The second kappa shape index (κ2) is 7.76. The molecule has 100 valence electrons. The molecule has 5 heteroatoms. The molecule has 18 heavy (non-hydrogen) atoms. The number of hydrogen-bond acceptors (Lipinski definition) is 2. The Morgan fingerprint density at radius 1 is 1.17 bits per heavy atom. The highest BCUT2D eigenvalue weighted by Crippen LogP contribution is 2.07. The number of rotatable bonds is 7. The minimum Gasteiger partial charge on any atom is -0.355 e. The van der Waals surface area contributed by atoms with Gasteiger partial charge in [0.1, 0.15) is 11.6 Å². The molecule has 0 atom stereocenters. The summed E-state index contributed by atoms with van der Waals surface area (Å²) in [5.74, 6) is -1.30. The molecule has 0 spiro atoms. The number of hydrogen-bond donors (Lipinski definition) is 2. The van der Waals surface area contributed by atoms with Gasteiger partial charge in [0.15, 0.2) is 0 Å². The molecule has 0 heterocycles. The first-order valence-electron chi connectivity index (χ1n) is 6.04. The van der Waals surface area contributed by atoms with E-state index >= 15 is 0 Å². The number of halogens is 2. The monoisotopic (exact) mass is 256 g/mol. The zero-order chi connectivity index (χ0) is 13.4. The third-order valence-corrected chi connectivity index (χ3v) is 2.37. The van der Waals surface area contributed by atoms with Gasteiger partial charge in [0.2, 0.25) is 5.91 Å². The molecule has 0 fully saturated rings. The first kappa shape index (κ1) is 14.6. The van der Waals surface area contributed by atoms with Crippen LogP contribution in [0.5, 0.6) is 0 Å². The van der Waals surface area contributed by atoms with Crippen LogP contribution in [-0.2, 0) is 11.2 Å². The van der Waals surface area contributed by atoms with Crippen LogP contribution in [0, 0.1) is 11.6 Å². The van der Waals surface area contributed by atoms with Crippen molar-refractivity contribution >= 4 is 5.91 Å². The van der Waals surface area contributed by atoms with Crippen molar-refractivity contribution in [2.45, 2.75) is 19.8 Å². The van der Waals surface area contributed by atoms with Crippen molar-refractivity contribution in [3.8, 4) is 0 Å². The maximum absolute atomic E-state index is 12.9. The van der Waals surface area contributed by atoms with Crippen LogP contribution in [0.3, 0.4) is 0 Å². The summed E-state index contributed by atoms with van der Waals surface area (Å²) in [7, 11) is 0. The normalized spacial score (nSPS) is 10.4. The summed E-state index contributed by atoms with van der Waals surface area (Å²) in [5, 5.41) is 5.65. The van der Waals surface area contributed by atoms with E-state index in [2.05, 4.69) is 10.6 Å². The zero-order valence-corrected chi connectivity index (χ0v) is 10.4. The van der Waals surface area contributed by atoms with Gasteiger partial charge in [-0.25, -0.2) is 8.78 Å². The van der Waals surface area contributed by atoms with Gasteiger partial charge in [-0.15, -0.1) is 0 Å². The molecule has 0 unspecified atom stereocenters. The van der Waals surface area contributed by atoms with Crippen LogP contribution in [0.25, 0.3) is 0 Å². The summed E-state index contributed by atoms with van der Waals surface area (Å²) in [6, 6.07) is 3.37. The largest absolute Gasteiger partial charge is 0.355 e. The van der Waals surface area contributed by atoms with E-state index in [-0.39, 0.29) is 12.5 Å². The van der Waals surface area contributed by atoms with Crippen molar-refractivity contribution in [2.75, 3.05) is 19.6 Å². The Morgan fingerprint density at radius 2 is 1.83 bits per heavy atom. The molecule has 0 saturated carbocycles. The lowest BCUT2D eigenvalue weighted by Gasteiger charge is -2.06. The Labute approximate surface area is 106 Å². The molecule has 1 rings (SSSR count). The second-order valence-electron chi connectivity index (χ2n) is 4.05. The summed E-state index contributed by atoms with van der Waals surface area (Å²) in [4.78, 5) is 11.3. The van der Waals surface area contributed by atoms with E-state index in [1.807, 2.05) is 6.92 Å². The molecular weight excluding hydrogens is 238 g/mol. The Balaban J connectivity index is 2.26. The van der Waals surface area contributed by atoms with E-state index < -0.39 is 11.6 Å². The predicted octanol–water partition coefficient (Wildman–Crippen LogP) is 1.62. The highest BCUT2D eigenvalue weighted by molar-refractivity contribution is 5.77. The highest BCUT2D eigenvalue weighted by atomic mass is 19.1. The molecule has 1 amide bonds. The Bertz CT molecular complexity index is 376. The topological polar surface area (TPSA) is 41.1 Å². The third kappa shape index (κ3) is 5.72. The molecule has 1 aromatic carbocycles. The van der Waals surface area contributed by atoms with Crippen molar-refractivity contribution in [3.63, 3.8) is 0 Å². The van der Waals surface area contributed by atoms with Gasteiger partial charge in [0, 0.05) is 12.6 Å². The van der Waals surface area contributed by atoms with Crippen LogP contribution in [0.2, 0.25) is 0 Å². The maximum atomic E-state index is 12.9. The fourth-order valence-electron chi connectivity index (χ4n) is 1.54. The van der Waals surface area contributed by atoms with Crippen molar-refractivity contribution in [3.05, 3.63) is 35.4 Å². The first-order valence-corrected chi connectivity index (χ1v) is 6.04. The van der Waals surface area contributed by atoms with Crippen molar-refractivity contribution < 1.29 is 13.6 Å². The first-order chi connectivity index (χ1) is 8.61. The molecule has 0 aromatic heterocycles. The SMILES string of the molecule is CCCNCC(=O)NCCc1cc(F)cc(F)c1. The van der Waals surface area contributed by atoms with Crippen LogP contribution in [-0.4, -0.2) is 25.5 Å². The fourth-order valence-corrected chi connectivity index (χ4v) is 1.54. The van der Waals surface area contributed by atoms with Crippen molar-refractivity contribution in [1.29, 1.82) is 0 Å². The van der Waals surface area contributed by atoms with E-state index in [0.717, 1.165) is 19.0 Å². The predicted molar refractivity (Wildman–Crippen MR) is 66.2 cm³/mol. The number of benzene rings is 1. The van der Waals surface area contributed by atoms with E-state index in [1.165, 1.54) is 12.1 Å². The van der Waals surface area contributed by atoms with Crippen molar-refractivity contribution in [1.82, 2.24) is 10.6 Å². The van der Waals surface area contributed by atoms with Gasteiger partial charge >= 0.3 is 0 Å². The summed E-state index contributed by atoms with van der Waals surface area (Å²) in [5.41, 5.74) is 0.536. The average molecular weight is 256 g/mol. The fraction of sp³-hybridized carbons (Fsp3) is 0.462. The Morgan fingerprint density at radius 3 is 2.44 bits per heavy atom.